The molecule has 0 radical (unpaired) electrons. The Morgan fingerprint density at radius 2 is 2.29 bits per heavy atom. The van der Waals surface area contributed by atoms with Gasteiger partial charge in [0, 0.05) is 29.2 Å². The summed E-state index contributed by atoms with van der Waals surface area (Å²) in [5.74, 6) is 0.401. The maximum atomic E-state index is 12.0. The topological polar surface area (TPSA) is 123 Å². The Hall–Kier alpha value is -3.47. The second-order valence-corrected chi connectivity index (χ2v) is 5.57. The summed E-state index contributed by atoms with van der Waals surface area (Å²) in [7, 11) is 0. The van der Waals surface area contributed by atoms with Crippen molar-refractivity contribution in [2.24, 2.45) is 0 Å². The summed E-state index contributed by atoms with van der Waals surface area (Å²) < 4.78 is 0. The number of aryl methyl sites for hydroxylation is 1. The van der Waals surface area contributed by atoms with Crippen molar-refractivity contribution in [1.29, 1.82) is 5.26 Å². The summed E-state index contributed by atoms with van der Waals surface area (Å²) in [6.07, 6.45) is 3.95. The molecule has 4 rings (SSSR count). The molecular weight excluding hydrogens is 306 g/mol. The highest BCUT2D eigenvalue weighted by Gasteiger charge is 2.21. The summed E-state index contributed by atoms with van der Waals surface area (Å²) in [6.45, 7) is 0. The number of fused-ring (bicyclic) bond motifs is 3. The van der Waals surface area contributed by atoms with E-state index in [1.807, 2.05) is 24.3 Å². The SMILES string of the molecule is N#CC(=CNc1ccc2c3c([nH]c2c1)C(=O)CCC3)c1nn[nH]n1. The highest BCUT2D eigenvalue weighted by molar-refractivity contribution is 6.03. The number of carbonyl (C=O) groups excluding carboxylic acids is 1. The fourth-order valence-corrected chi connectivity index (χ4v) is 2.97. The van der Waals surface area contributed by atoms with Crippen LogP contribution in [0.2, 0.25) is 0 Å². The molecule has 3 N–H and O–H groups in total. The Labute approximate surface area is 136 Å². The fraction of sp³-hybridized carbons (Fsp3) is 0.188. The van der Waals surface area contributed by atoms with Gasteiger partial charge in [-0.1, -0.05) is 6.07 Å². The summed E-state index contributed by atoms with van der Waals surface area (Å²) in [6, 6.07) is 7.84. The van der Waals surface area contributed by atoms with E-state index in [1.54, 1.807) is 0 Å². The van der Waals surface area contributed by atoms with E-state index in [0.29, 0.717) is 6.42 Å². The van der Waals surface area contributed by atoms with Gasteiger partial charge in [0.1, 0.15) is 11.6 Å². The molecule has 2 aromatic heterocycles. The number of aromatic amines is 2. The minimum atomic E-state index is 0.172. The monoisotopic (exact) mass is 319 g/mol. The molecule has 0 unspecified atom stereocenters. The highest BCUT2D eigenvalue weighted by atomic mass is 16.1. The summed E-state index contributed by atoms with van der Waals surface area (Å²) in [4.78, 5) is 15.2. The molecule has 1 aliphatic rings. The molecule has 0 spiro atoms. The first-order valence-corrected chi connectivity index (χ1v) is 7.54. The van der Waals surface area contributed by atoms with Crippen LogP contribution in [0.15, 0.2) is 24.4 Å². The van der Waals surface area contributed by atoms with Gasteiger partial charge in [0.05, 0.1) is 5.69 Å². The minimum Gasteiger partial charge on any atom is -0.360 e. The van der Waals surface area contributed by atoms with Crippen LogP contribution in [0.3, 0.4) is 0 Å². The fourth-order valence-electron chi connectivity index (χ4n) is 2.97. The highest BCUT2D eigenvalue weighted by Crippen LogP contribution is 2.30. The first-order valence-electron chi connectivity index (χ1n) is 7.54. The Bertz CT molecular complexity index is 992. The molecule has 1 aromatic carbocycles. The molecule has 3 aromatic rings. The van der Waals surface area contributed by atoms with E-state index in [-0.39, 0.29) is 17.2 Å². The molecule has 0 aliphatic heterocycles. The van der Waals surface area contributed by atoms with Crippen molar-refractivity contribution in [3.05, 3.63) is 41.5 Å². The van der Waals surface area contributed by atoms with Crippen molar-refractivity contribution in [3.8, 4) is 6.07 Å². The first kappa shape index (κ1) is 14.1. The van der Waals surface area contributed by atoms with Crippen LogP contribution in [0, 0.1) is 11.3 Å². The van der Waals surface area contributed by atoms with Gasteiger partial charge >= 0.3 is 0 Å². The van der Waals surface area contributed by atoms with Crippen LogP contribution in [0.25, 0.3) is 16.5 Å². The van der Waals surface area contributed by atoms with Gasteiger partial charge in [0.25, 0.3) is 0 Å². The standard InChI is InChI=1S/C16H13N7O/c17-7-9(16-20-22-23-21-16)8-18-10-4-5-11-12-2-1-3-14(24)15(12)19-13(11)6-10/h4-6,8,18-19H,1-3H2,(H,20,21,22,23). The second kappa shape index (κ2) is 5.62. The molecular formula is C16H13N7O. The van der Waals surface area contributed by atoms with Gasteiger partial charge < -0.3 is 10.3 Å². The Balaban J connectivity index is 1.66. The van der Waals surface area contributed by atoms with Crippen LogP contribution >= 0.6 is 0 Å². The molecule has 8 nitrogen and oxygen atoms in total. The van der Waals surface area contributed by atoms with Gasteiger partial charge in [-0.3, -0.25) is 4.79 Å². The number of H-pyrrole nitrogens is 2. The average Bonchev–Trinajstić information content (AvgIpc) is 3.24. The van der Waals surface area contributed by atoms with Crippen LogP contribution in [0.5, 0.6) is 0 Å². The normalized spacial score (nSPS) is 14.5. The molecule has 1 aliphatic carbocycles. The van der Waals surface area contributed by atoms with Crippen molar-refractivity contribution in [2.75, 3.05) is 5.32 Å². The van der Waals surface area contributed by atoms with Gasteiger partial charge in [-0.15, -0.1) is 10.2 Å². The molecule has 118 valence electrons. The third-order valence-electron chi connectivity index (χ3n) is 4.11. The molecule has 0 saturated heterocycles. The number of rotatable bonds is 3. The average molecular weight is 319 g/mol. The molecule has 0 saturated carbocycles. The number of benzene rings is 1. The number of carbonyl (C=O) groups is 1. The van der Waals surface area contributed by atoms with Crippen LogP contribution in [-0.4, -0.2) is 31.4 Å². The lowest BCUT2D eigenvalue weighted by Gasteiger charge is -2.09. The predicted molar refractivity (Wildman–Crippen MR) is 87.0 cm³/mol. The number of Topliss-reactive ketones (excluding diaryl/α,β-unsaturated/α-hetero) is 1. The zero-order valence-electron chi connectivity index (χ0n) is 12.6. The van der Waals surface area contributed by atoms with Gasteiger partial charge in [-0.05, 0) is 35.8 Å². The summed E-state index contributed by atoms with van der Waals surface area (Å²) >= 11 is 0. The quantitative estimate of drug-likeness (QED) is 0.636. The molecule has 0 atom stereocenters. The number of allylic oxidation sites excluding steroid dienone is 1. The van der Waals surface area contributed by atoms with Crippen LogP contribution in [0.4, 0.5) is 5.69 Å². The zero-order chi connectivity index (χ0) is 16.5. The molecule has 8 heteroatoms. The van der Waals surface area contributed by atoms with Crippen LogP contribution in [-0.2, 0) is 6.42 Å². The van der Waals surface area contributed by atoms with Crippen molar-refractivity contribution in [1.82, 2.24) is 25.6 Å². The number of aromatic nitrogens is 5. The smallest absolute Gasteiger partial charge is 0.216 e. The first-order chi connectivity index (χ1) is 11.8. The molecule has 0 amide bonds. The number of anilines is 1. The molecule has 24 heavy (non-hydrogen) atoms. The van der Waals surface area contributed by atoms with Crippen LogP contribution < -0.4 is 5.32 Å². The number of ketones is 1. The molecule has 2 heterocycles. The number of nitriles is 1. The predicted octanol–water partition coefficient (Wildman–Crippen LogP) is 2.18. The zero-order valence-corrected chi connectivity index (χ0v) is 12.6. The Kier molecular flexibility index (Phi) is 3.31. The number of hydrogen-bond donors (Lipinski definition) is 3. The van der Waals surface area contributed by atoms with E-state index in [9.17, 15) is 4.79 Å². The number of nitrogens with zero attached hydrogens (tertiary/aromatic N) is 4. The lowest BCUT2D eigenvalue weighted by molar-refractivity contribution is 0.0968. The van der Waals surface area contributed by atoms with Gasteiger partial charge in [0.15, 0.2) is 5.78 Å². The van der Waals surface area contributed by atoms with Gasteiger partial charge in [0.2, 0.25) is 5.82 Å². The van der Waals surface area contributed by atoms with Gasteiger partial charge in [-0.25, -0.2) is 0 Å². The lowest BCUT2D eigenvalue weighted by Crippen LogP contribution is -2.09. The third-order valence-corrected chi connectivity index (χ3v) is 4.11. The molecule has 0 bridgehead atoms. The largest absolute Gasteiger partial charge is 0.360 e. The van der Waals surface area contributed by atoms with Crippen molar-refractivity contribution < 1.29 is 4.79 Å². The molecule has 0 fully saturated rings. The second-order valence-electron chi connectivity index (χ2n) is 5.57. The lowest BCUT2D eigenvalue weighted by atomic mass is 9.95. The summed E-state index contributed by atoms with van der Waals surface area (Å²) in [5.41, 5.74) is 3.81. The van der Waals surface area contributed by atoms with E-state index in [4.69, 9.17) is 5.26 Å². The van der Waals surface area contributed by atoms with Crippen molar-refractivity contribution in [3.63, 3.8) is 0 Å². The van der Waals surface area contributed by atoms with E-state index in [0.717, 1.165) is 40.7 Å². The Morgan fingerprint density at radius 1 is 1.38 bits per heavy atom. The Morgan fingerprint density at radius 3 is 3.08 bits per heavy atom. The van der Waals surface area contributed by atoms with Crippen molar-refractivity contribution >= 4 is 27.9 Å². The minimum absolute atomic E-state index is 0.172. The summed E-state index contributed by atoms with van der Waals surface area (Å²) in [5, 5.41) is 26.6. The van der Waals surface area contributed by atoms with Crippen LogP contribution in [0.1, 0.15) is 34.7 Å². The van der Waals surface area contributed by atoms with E-state index < -0.39 is 0 Å². The number of hydrogen-bond acceptors (Lipinski definition) is 6. The number of nitrogens with one attached hydrogen (secondary N) is 3. The van der Waals surface area contributed by atoms with E-state index in [1.165, 1.54) is 6.20 Å². The van der Waals surface area contributed by atoms with E-state index >= 15 is 0 Å². The van der Waals surface area contributed by atoms with Gasteiger partial charge in [-0.2, -0.15) is 10.5 Å². The van der Waals surface area contributed by atoms with Crippen molar-refractivity contribution in [2.45, 2.75) is 19.3 Å². The number of tetrazole rings is 1. The maximum absolute atomic E-state index is 12.0. The van der Waals surface area contributed by atoms with E-state index in [2.05, 4.69) is 30.9 Å². The third kappa shape index (κ3) is 2.32. The maximum Gasteiger partial charge on any atom is 0.216 e.